The molecule has 2 aromatic carbocycles. The van der Waals surface area contributed by atoms with Gasteiger partial charge in [0.1, 0.15) is 11.5 Å². The topological polar surface area (TPSA) is 52.9 Å². The van der Waals surface area contributed by atoms with E-state index in [0.29, 0.717) is 25.3 Å². The number of carbonyl (C=O) groups excluding carboxylic acids is 1. The Bertz CT molecular complexity index is 1120. The van der Waals surface area contributed by atoms with Crippen molar-refractivity contribution >= 4 is 16.9 Å². The molecule has 1 fully saturated rings. The molecule has 6 nitrogen and oxygen atoms in total. The van der Waals surface area contributed by atoms with Crippen molar-refractivity contribution in [1.29, 1.82) is 0 Å². The third kappa shape index (κ3) is 5.55. The fraction of sp³-hybridized carbons (Fsp3) is 0.464. The summed E-state index contributed by atoms with van der Waals surface area (Å²) in [6.45, 7) is 8.93. The van der Waals surface area contributed by atoms with E-state index in [2.05, 4.69) is 15.5 Å². The van der Waals surface area contributed by atoms with Gasteiger partial charge in [-0.25, -0.2) is 4.79 Å². The number of likely N-dealkylation sites (tertiary alicyclic amines) is 1. The van der Waals surface area contributed by atoms with Gasteiger partial charge in [0.2, 0.25) is 0 Å². The number of rotatable bonds is 10. The monoisotopic (exact) mass is 464 g/mol. The van der Waals surface area contributed by atoms with Gasteiger partial charge >= 0.3 is 5.97 Å². The lowest BCUT2D eigenvalue weighted by Crippen LogP contribution is -2.31. The van der Waals surface area contributed by atoms with E-state index in [1.807, 2.05) is 50.2 Å². The van der Waals surface area contributed by atoms with Gasteiger partial charge in [-0.1, -0.05) is 18.6 Å². The zero-order valence-corrected chi connectivity index (χ0v) is 20.6. The molecule has 3 aromatic rings. The second kappa shape index (κ2) is 11.4. The molecule has 0 unspecified atom stereocenters. The molecule has 4 rings (SSSR count). The summed E-state index contributed by atoms with van der Waals surface area (Å²) < 4.78 is 19.0. The highest BCUT2D eigenvalue weighted by Gasteiger charge is 2.22. The Kier molecular flexibility index (Phi) is 8.12. The SMILES string of the molecule is CCOC(=O)c1c(C)n(Cc2cccc(OC)c2)c2ccc(OCCCN3CCCCC3)cc12. The third-order valence-electron chi connectivity index (χ3n) is 6.59. The van der Waals surface area contributed by atoms with Crippen LogP contribution in [-0.2, 0) is 11.3 Å². The van der Waals surface area contributed by atoms with Crippen LogP contribution in [0.4, 0.5) is 0 Å². The van der Waals surface area contributed by atoms with Gasteiger partial charge in [0.25, 0.3) is 0 Å². The largest absolute Gasteiger partial charge is 0.497 e. The van der Waals surface area contributed by atoms with Crippen molar-refractivity contribution < 1.29 is 19.0 Å². The minimum Gasteiger partial charge on any atom is -0.497 e. The van der Waals surface area contributed by atoms with E-state index in [9.17, 15) is 4.79 Å². The Morgan fingerprint density at radius 2 is 1.85 bits per heavy atom. The van der Waals surface area contributed by atoms with Crippen LogP contribution in [0, 0.1) is 6.92 Å². The highest BCUT2D eigenvalue weighted by atomic mass is 16.5. The summed E-state index contributed by atoms with van der Waals surface area (Å²) in [5, 5.41) is 0.868. The highest BCUT2D eigenvalue weighted by Crippen LogP contribution is 2.31. The molecule has 0 N–H and O–H groups in total. The average Bonchev–Trinajstić information content (AvgIpc) is 3.13. The maximum atomic E-state index is 12.9. The first kappa shape index (κ1) is 24.1. The van der Waals surface area contributed by atoms with E-state index < -0.39 is 0 Å². The molecule has 182 valence electrons. The Balaban J connectivity index is 1.56. The van der Waals surface area contributed by atoms with Gasteiger partial charge in [-0.05, 0) is 82.1 Å². The molecule has 1 aromatic heterocycles. The van der Waals surface area contributed by atoms with Crippen LogP contribution < -0.4 is 9.47 Å². The summed E-state index contributed by atoms with van der Waals surface area (Å²) in [4.78, 5) is 15.4. The lowest BCUT2D eigenvalue weighted by molar-refractivity contribution is 0.0527. The van der Waals surface area contributed by atoms with Crippen LogP contribution in [0.1, 0.15) is 54.2 Å². The van der Waals surface area contributed by atoms with E-state index >= 15 is 0 Å². The molecule has 0 atom stereocenters. The van der Waals surface area contributed by atoms with Gasteiger partial charge in [0, 0.05) is 29.7 Å². The Morgan fingerprint density at radius 3 is 2.62 bits per heavy atom. The summed E-state index contributed by atoms with van der Waals surface area (Å²) >= 11 is 0. The van der Waals surface area contributed by atoms with Crippen LogP contribution in [-0.4, -0.2) is 55.4 Å². The number of ether oxygens (including phenoxy) is 3. The molecule has 1 saturated heterocycles. The summed E-state index contributed by atoms with van der Waals surface area (Å²) in [6, 6.07) is 14.0. The lowest BCUT2D eigenvalue weighted by Gasteiger charge is -2.26. The number of hydrogen-bond acceptors (Lipinski definition) is 5. The normalized spacial score (nSPS) is 14.3. The van der Waals surface area contributed by atoms with Gasteiger partial charge in [0.15, 0.2) is 0 Å². The summed E-state index contributed by atoms with van der Waals surface area (Å²) in [5.41, 5.74) is 3.59. The summed E-state index contributed by atoms with van der Waals surface area (Å²) in [6.07, 6.45) is 4.96. The maximum absolute atomic E-state index is 12.9. The van der Waals surface area contributed by atoms with E-state index in [0.717, 1.165) is 46.6 Å². The molecule has 1 aliphatic heterocycles. The molecular formula is C28H36N2O4. The molecule has 0 aliphatic carbocycles. The van der Waals surface area contributed by atoms with Crippen molar-refractivity contribution in [2.24, 2.45) is 0 Å². The van der Waals surface area contributed by atoms with Crippen LogP contribution >= 0.6 is 0 Å². The van der Waals surface area contributed by atoms with E-state index in [4.69, 9.17) is 14.2 Å². The summed E-state index contributed by atoms with van der Waals surface area (Å²) in [5.74, 6) is 1.31. The van der Waals surface area contributed by atoms with Crippen LogP contribution in [0.2, 0.25) is 0 Å². The summed E-state index contributed by atoms with van der Waals surface area (Å²) in [7, 11) is 1.67. The fourth-order valence-corrected chi connectivity index (χ4v) is 4.83. The molecule has 0 amide bonds. The van der Waals surface area contributed by atoms with Crippen LogP contribution in [0.3, 0.4) is 0 Å². The Hall–Kier alpha value is -2.99. The molecule has 0 spiro atoms. The first-order valence-corrected chi connectivity index (χ1v) is 12.4. The first-order chi connectivity index (χ1) is 16.6. The fourth-order valence-electron chi connectivity index (χ4n) is 4.83. The molecule has 0 saturated carbocycles. The molecule has 0 bridgehead atoms. The van der Waals surface area contributed by atoms with Gasteiger partial charge in [-0.3, -0.25) is 0 Å². The molecular weight excluding hydrogens is 428 g/mol. The lowest BCUT2D eigenvalue weighted by atomic mass is 10.1. The second-order valence-electron chi connectivity index (χ2n) is 8.90. The quantitative estimate of drug-likeness (QED) is 0.295. The number of hydrogen-bond donors (Lipinski definition) is 0. The zero-order valence-electron chi connectivity index (χ0n) is 20.6. The number of benzene rings is 2. The zero-order chi connectivity index (χ0) is 23.9. The number of methoxy groups -OCH3 is 1. The van der Waals surface area contributed by atoms with Crippen molar-refractivity contribution in [2.45, 2.75) is 46.1 Å². The number of nitrogens with zero attached hydrogens (tertiary/aromatic N) is 2. The second-order valence-corrected chi connectivity index (χ2v) is 8.90. The number of piperidine rings is 1. The van der Waals surface area contributed by atoms with E-state index in [1.54, 1.807) is 7.11 Å². The Morgan fingerprint density at radius 1 is 1.03 bits per heavy atom. The highest BCUT2D eigenvalue weighted by molar-refractivity contribution is 6.06. The third-order valence-corrected chi connectivity index (χ3v) is 6.59. The standard InChI is InChI=1S/C28H36N2O4/c1-4-33-28(31)27-21(2)30(20-22-10-8-11-23(18-22)32-3)26-13-12-24(19-25(26)27)34-17-9-16-29-14-6-5-7-15-29/h8,10-13,18-19H,4-7,9,14-17,20H2,1-3H3. The van der Waals surface area contributed by atoms with Crippen molar-refractivity contribution in [3.8, 4) is 11.5 Å². The number of fused-ring (bicyclic) bond motifs is 1. The Labute approximate surface area is 202 Å². The van der Waals surface area contributed by atoms with E-state index in [1.165, 1.54) is 32.4 Å². The molecule has 34 heavy (non-hydrogen) atoms. The first-order valence-electron chi connectivity index (χ1n) is 12.4. The maximum Gasteiger partial charge on any atom is 0.340 e. The van der Waals surface area contributed by atoms with Gasteiger partial charge in [-0.2, -0.15) is 0 Å². The number of aromatic nitrogens is 1. The molecule has 0 radical (unpaired) electrons. The minimum atomic E-state index is -0.295. The van der Waals surface area contributed by atoms with Gasteiger partial charge < -0.3 is 23.7 Å². The molecule has 2 heterocycles. The van der Waals surface area contributed by atoms with Crippen molar-refractivity contribution in [3.05, 3.63) is 59.3 Å². The predicted molar refractivity (Wildman–Crippen MR) is 135 cm³/mol. The van der Waals surface area contributed by atoms with Crippen LogP contribution in [0.25, 0.3) is 10.9 Å². The molecule has 1 aliphatic rings. The smallest absolute Gasteiger partial charge is 0.340 e. The average molecular weight is 465 g/mol. The van der Waals surface area contributed by atoms with Crippen LogP contribution in [0.5, 0.6) is 11.5 Å². The molecule has 6 heteroatoms. The van der Waals surface area contributed by atoms with Crippen molar-refractivity contribution in [2.75, 3.05) is 40.0 Å². The van der Waals surface area contributed by atoms with E-state index in [-0.39, 0.29) is 5.97 Å². The number of carbonyl (C=O) groups is 1. The minimum absolute atomic E-state index is 0.295. The van der Waals surface area contributed by atoms with Gasteiger partial charge in [-0.15, -0.1) is 0 Å². The predicted octanol–water partition coefficient (Wildman–Crippen LogP) is 5.44. The van der Waals surface area contributed by atoms with Gasteiger partial charge in [0.05, 0.1) is 25.9 Å². The van der Waals surface area contributed by atoms with Crippen molar-refractivity contribution in [3.63, 3.8) is 0 Å². The number of esters is 1. The van der Waals surface area contributed by atoms with Crippen molar-refractivity contribution in [1.82, 2.24) is 9.47 Å². The van der Waals surface area contributed by atoms with Crippen LogP contribution in [0.15, 0.2) is 42.5 Å².